The van der Waals surface area contributed by atoms with Gasteiger partial charge in [0.1, 0.15) is 5.70 Å². The van der Waals surface area contributed by atoms with E-state index in [1.807, 2.05) is 49.6 Å². The van der Waals surface area contributed by atoms with Crippen LogP contribution >= 0.6 is 11.3 Å². The molecule has 0 unspecified atom stereocenters. The number of hydrogen-bond acceptors (Lipinski definition) is 4. The van der Waals surface area contributed by atoms with Gasteiger partial charge in [-0.15, -0.1) is 11.3 Å². The molecule has 5 heteroatoms. The third-order valence-electron chi connectivity index (χ3n) is 5.68. The van der Waals surface area contributed by atoms with Gasteiger partial charge in [-0.3, -0.25) is 9.59 Å². The number of rotatable bonds is 3. The van der Waals surface area contributed by atoms with Crippen molar-refractivity contribution in [3.05, 3.63) is 57.4 Å². The lowest BCUT2D eigenvalue weighted by atomic mass is 9.98. The van der Waals surface area contributed by atoms with Gasteiger partial charge in [0.2, 0.25) is 0 Å². The lowest BCUT2D eigenvalue weighted by Crippen LogP contribution is -2.38. The summed E-state index contributed by atoms with van der Waals surface area (Å²) in [6, 6.07) is 9.63. The second-order valence-corrected chi connectivity index (χ2v) is 8.53. The van der Waals surface area contributed by atoms with E-state index in [0.29, 0.717) is 22.9 Å². The van der Waals surface area contributed by atoms with Crippen LogP contribution in [0.15, 0.2) is 41.4 Å². The zero-order valence-corrected chi connectivity index (χ0v) is 16.8. The topological polar surface area (TPSA) is 40.6 Å². The highest BCUT2D eigenvalue weighted by molar-refractivity contribution is 7.11. The van der Waals surface area contributed by atoms with Crippen molar-refractivity contribution in [2.75, 3.05) is 18.0 Å². The molecule has 3 heterocycles. The van der Waals surface area contributed by atoms with E-state index < -0.39 is 0 Å². The SMILES string of the molecule is Cc1ccc(N2C(=O)C(c3cccs3)=C(N3CCC(C)CC3)C2=O)cc1C. The minimum atomic E-state index is -0.209. The van der Waals surface area contributed by atoms with E-state index >= 15 is 0 Å². The summed E-state index contributed by atoms with van der Waals surface area (Å²) >= 11 is 1.51. The van der Waals surface area contributed by atoms with Crippen LogP contribution in [-0.4, -0.2) is 29.8 Å². The Morgan fingerprint density at radius 3 is 2.37 bits per heavy atom. The first kappa shape index (κ1) is 18.0. The zero-order chi connectivity index (χ0) is 19.1. The summed E-state index contributed by atoms with van der Waals surface area (Å²) in [5, 5.41) is 1.95. The molecule has 1 saturated heterocycles. The average molecular weight is 381 g/mol. The fraction of sp³-hybridized carbons (Fsp3) is 0.364. The standard InChI is InChI=1S/C22H24N2O2S/c1-14-8-10-23(11-9-14)20-19(18-5-4-12-27-18)21(25)24(22(20)26)17-7-6-15(2)16(3)13-17/h4-7,12-14H,8-11H2,1-3H3. The van der Waals surface area contributed by atoms with E-state index in [-0.39, 0.29) is 11.8 Å². The molecule has 0 atom stereocenters. The van der Waals surface area contributed by atoms with Crippen LogP contribution in [0.1, 0.15) is 35.8 Å². The van der Waals surface area contributed by atoms with E-state index in [2.05, 4.69) is 11.8 Å². The first-order chi connectivity index (χ1) is 13.0. The van der Waals surface area contributed by atoms with E-state index in [4.69, 9.17) is 0 Å². The largest absolute Gasteiger partial charge is 0.366 e. The van der Waals surface area contributed by atoms with Gasteiger partial charge in [0.25, 0.3) is 11.8 Å². The minimum absolute atomic E-state index is 0.193. The van der Waals surface area contributed by atoms with E-state index in [1.165, 1.54) is 16.2 Å². The van der Waals surface area contributed by atoms with Crippen molar-refractivity contribution in [1.82, 2.24) is 4.90 Å². The van der Waals surface area contributed by atoms with Gasteiger partial charge in [-0.1, -0.05) is 19.1 Å². The summed E-state index contributed by atoms with van der Waals surface area (Å²) in [5.41, 5.74) is 4.01. The Balaban J connectivity index is 1.78. The van der Waals surface area contributed by atoms with E-state index in [0.717, 1.165) is 41.9 Å². The molecule has 0 spiro atoms. The van der Waals surface area contributed by atoms with Gasteiger partial charge in [-0.25, -0.2) is 4.90 Å². The highest BCUT2D eigenvalue weighted by atomic mass is 32.1. The van der Waals surface area contributed by atoms with Crippen molar-refractivity contribution in [3.63, 3.8) is 0 Å². The Labute approximate surface area is 164 Å². The minimum Gasteiger partial charge on any atom is -0.366 e. The molecule has 2 amide bonds. The number of thiophene rings is 1. The lowest BCUT2D eigenvalue weighted by molar-refractivity contribution is -0.120. The number of amides is 2. The van der Waals surface area contributed by atoms with Crippen LogP contribution in [0.2, 0.25) is 0 Å². The molecule has 0 N–H and O–H groups in total. The molecule has 0 aliphatic carbocycles. The maximum atomic E-state index is 13.4. The molecule has 1 fully saturated rings. The molecule has 1 aromatic heterocycles. The molecule has 2 aliphatic rings. The van der Waals surface area contributed by atoms with Crippen LogP contribution in [-0.2, 0) is 9.59 Å². The van der Waals surface area contributed by atoms with Crippen LogP contribution in [0.5, 0.6) is 0 Å². The molecule has 0 saturated carbocycles. The Bertz CT molecular complexity index is 922. The Kier molecular flexibility index (Phi) is 4.64. The number of hydrogen-bond donors (Lipinski definition) is 0. The summed E-state index contributed by atoms with van der Waals surface area (Å²) < 4.78 is 0. The quantitative estimate of drug-likeness (QED) is 0.742. The zero-order valence-electron chi connectivity index (χ0n) is 16.0. The second kappa shape index (κ2) is 6.97. The van der Waals surface area contributed by atoms with Crippen LogP contribution in [0.4, 0.5) is 5.69 Å². The lowest BCUT2D eigenvalue weighted by Gasteiger charge is -2.32. The fourth-order valence-corrected chi connectivity index (χ4v) is 4.55. The number of carbonyl (C=O) groups excluding carboxylic acids is 2. The van der Waals surface area contributed by atoms with Crippen molar-refractivity contribution in [1.29, 1.82) is 0 Å². The average Bonchev–Trinajstić information content (AvgIpc) is 3.25. The summed E-state index contributed by atoms with van der Waals surface area (Å²) in [6.07, 6.45) is 2.10. The molecule has 4 rings (SSSR count). The molecule has 2 aliphatic heterocycles. The number of piperidine rings is 1. The number of benzene rings is 1. The Hall–Kier alpha value is -2.40. The van der Waals surface area contributed by atoms with Gasteiger partial charge in [0.05, 0.1) is 11.3 Å². The smallest absolute Gasteiger partial charge is 0.282 e. The number of carbonyl (C=O) groups is 2. The first-order valence-corrected chi connectivity index (χ1v) is 10.3. The Morgan fingerprint density at radius 1 is 1.00 bits per heavy atom. The highest BCUT2D eigenvalue weighted by Crippen LogP contribution is 2.38. The van der Waals surface area contributed by atoms with Crippen molar-refractivity contribution < 1.29 is 9.59 Å². The molecular weight excluding hydrogens is 356 g/mol. The second-order valence-electron chi connectivity index (χ2n) is 7.58. The maximum absolute atomic E-state index is 13.4. The van der Waals surface area contributed by atoms with Gasteiger partial charge in [-0.05, 0) is 67.3 Å². The number of anilines is 1. The van der Waals surface area contributed by atoms with Crippen LogP contribution in [0, 0.1) is 19.8 Å². The van der Waals surface area contributed by atoms with Crippen molar-refractivity contribution in [3.8, 4) is 0 Å². The molecular formula is C22H24N2O2S. The molecule has 27 heavy (non-hydrogen) atoms. The molecule has 140 valence electrons. The maximum Gasteiger partial charge on any atom is 0.282 e. The van der Waals surface area contributed by atoms with Crippen LogP contribution < -0.4 is 4.90 Å². The Morgan fingerprint density at radius 2 is 1.74 bits per heavy atom. The first-order valence-electron chi connectivity index (χ1n) is 9.46. The number of aryl methyl sites for hydroxylation is 2. The van der Waals surface area contributed by atoms with Gasteiger partial charge >= 0.3 is 0 Å². The highest BCUT2D eigenvalue weighted by Gasteiger charge is 2.43. The fourth-order valence-electron chi connectivity index (χ4n) is 3.79. The molecule has 0 radical (unpaired) electrons. The van der Waals surface area contributed by atoms with Gasteiger partial charge < -0.3 is 4.90 Å². The van der Waals surface area contributed by atoms with Crippen LogP contribution in [0.3, 0.4) is 0 Å². The number of imide groups is 1. The molecule has 4 nitrogen and oxygen atoms in total. The third-order valence-corrected chi connectivity index (χ3v) is 6.56. The van der Waals surface area contributed by atoms with E-state index in [1.54, 1.807) is 0 Å². The van der Waals surface area contributed by atoms with Gasteiger partial charge in [0.15, 0.2) is 0 Å². The summed E-state index contributed by atoms with van der Waals surface area (Å²) in [4.78, 5) is 31.1. The number of nitrogens with zero attached hydrogens (tertiary/aromatic N) is 2. The summed E-state index contributed by atoms with van der Waals surface area (Å²) in [5.74, 6) is 0.260. The summed E-state index contributed by atoms with van der Waals surface area (Å²) in [7, 11) is 0. The predicted molar refractivity (Wildman–Crippen MR) is 110 cm³/mol. The van der Waals surface area contributed by atoms with Crippen molar-refractivity contribution in [2.24, 2.45) is 5.92 Å². The molecule has 0 bridgehead atoms. The van der Waals surface area contributed by atoms with Crippen molar-refractivity contribution >= 4 is 34.4 Å². The molecule has 2 aromatic rings. The molecule has 1 aromatic carbocycles. The normalized spacial score (nSPS) is 18.8. The monoisotopic (exact) mass is 380 g/mol. The summed E-state index contributed by atoms with van der Waals surface area (Å²) in [6.45, 7) is 7.93. The van der Waals surface area contributed by atoms with Gasteiger partial charge in [0, 0.05) is 18.0 Å². The predicted octanol–water partition coefficient (Wildman–Crippen LogP) is 4.38. The van der Waals surface area contributed by atoms with Crippen LogP contribution in [0.25, 0.3) is 5.57 Å². The van der Waals surface area contributed by atoms with Gasteiger partial charge in [-0.2, -0.15) is 0 Å². The van der Waals surface area contributed by atoms with E-state index in [9.17, 15) is 9.59 Å². The van der Waals surface area contributed by atoms with Crippen molar-refractivity contribution in [2.45, 2.75) is 33.6 Å². The number of likely N-dealkylation sites (tertiary alicyclic amines) is 1. The third kappa shape index (κ3) is 3.10.